The number of methoxy groups -OCH3 is 1. The number of thiocarbonyl (C=S) groups is 1. The Labute approximate surface area is 157 Å². The normalized spacial score (nSPS) is 20.0. The van der Waals surface area contributed by atoms with E-state index in [0.717, 1.165) is 17.7 Å². The number of carbonyl (C=O) groups is 2. The highest BCUT2D eigenvalue weighted by Gasteiger charge is 2.41. The summed E-state index contributed by atoms with van der Waals surface area (Å²) >= 11 is 6.59. The molecule has 0 atom stereocenters. The van der Waals surface area contributed by atoms with E-state index in [9.17, 15) is 9.59 Å². The Morgan fingerprint density at radius 2 is 1.88 bits per heavy atom. The number of para-hydroxylation sites is 1. The molecule has 7 heteroatoms. The number of ether oxygens (including phenoxy) is 1. The maximum Gasteiger partial charge on any atom is 0.267 e. The van der Waals surface area contributed by atoms with Crippen LogP contribution in [-0.2, 0) is 14.3 Å². The Hall–Kier alpha value is -1.70. The second-order valence-electron chi connectivity index (χ2n) is 5.85. The highest BCUT2D eigenvalue weighted by Crippen LogP contribution is 2.44. The second-order valence-corrected chi connectivity index (χ2v) is 7.49. The Morgan fingerprint density at radius 1 is 1.12 bits per heavy atom. The van der Waals surface area contributed by atoms with Gasteiger partial charge in [0.05, 0.1) is 16.2 Å². The van der Waals surface area contributed by atoms with E-state index in [4.69, 9.17) is 17.0 Å². The predicted octanol–water partition coefficient (Wildman–Crippen LogP) is 3.05. The molecule has 1 aromatic carbocycles. The maximum atomic E-state index is 13.0. The number of carbonyl (C=O) groups excluding carboxylic acids is 2. The number of fused-ring (bicyclic) bond motifs is 1. The third-order valence-corrected chi connectivity index (χ3v) is 5.63. The fourth-order valence-electron chi connectivity index (χ4n) is 3.05. The van der Waals surface area contributed by atoms with Crippen LogP contribution < -0.4 is 4.90 Å². The van der Waals surface area contributed by atoms with Crippen molar-refractivity contribution in [2.45, 2.75) is 19.8 Å². The summed E-state index contributed by atoms with van der Waals surface area (Å²) in [5.74, 6) is -0.289. The molecule has 1 saturated heterocycles. The molecule has 0 spiro atoms. The number of hydrogen-bond donors (Lipinski definition) is 0. The van der Waals surface area contributed by atoms with Crippen LogP contribution in [0.4, 0.5) is 5.69 Å². The minimum atomic E-state index is -0.178. The van der Waals surface area contributed by atoms with Crippen LogP contribution >= 0.6 is 24.0 Å². The largest absolute Gasteiger partial charge is 0.385 e. The van der Waals surface area contributed by atoms with Gasteiger partial charge < -0.3 is 9.64 Å². The summed E-state index contributed by atoms with van der Waals surface area (Å²) in [4.78, 5) is 29.6. The Balaban J connectivity index is 1.98. The van der Waals surface area contributed by atoms with Gasteiger partial charge in [-0.05, 0) is 18.9 Å². The first-order valence-electron chi connectivity index (χ1n) is 8.28. The lowest BCUT2D eigenvalue weighted by Crippen LogP contribution is -2.31. The lowest BCUT2D eigenvalue weighted by Gasteiger charge is -2.15. The zero-order valence-corrected chi connectivity index (χ0v) is 15.9. The molecule has 2 heterocycles. The molecule has 0 saturated carbocycles. The van der Waals surface area contributed by atoms with Gasteiger partial charge >= 0.3 is 0 Å². The standard InChI is InChI=1S/C18H20N2O3S2/c1-3-9-19-13-8-5-4-7-12(13)14(16(19)21)15-17(22)20(18(24)25-15)10-6-11-23-2/h4-5,7-8H,3,6,9-11H2,1-2H3/b15-14-. The van der Waals surface area contributed by atoms with Gasteiger partial charge in [-0.2, -0.15) is 0 Å². The summed E-state index contributed by atoms with van der Waals surface area (Å²) in [7, 11) is 1.63. The molecule has 0 bridgehead atoms. The number of hydrogen-bond acceptors (Lipinski definition) is 5. The van der Waals surface area contributed by atoms with Crippen molar-refractivity contribution in [3.63, 3.8) is 0 Å². The Morgan fingerprint density at radius 3 is 2.60 bits per heavy atom. The molecule has 5 nitrogen and oxygen atoms in total. The molecule has 25 heavy (non-hydrogen) atoms. The third-order valence-electron chi connectivity index (χ3n) is 4.18. The van der Waals surface area contributed by atoms with Crippen molar-refractivity contribution in [1.82, 2.24) is 4.90 Å². The molecule has 0 unspecified atom stereocenters. The van der Waals surface area contributed by atoms with E-state index in [0.29, 0.717) is 40.9 Å². The summed E-state index contributed by atoms with van der Waals surface area (Å²) in [6, 6.07) is 7.62. The number of anilines is 1. The van der Waals surface area contributed by atoms with Gasteiger partial charge in [-0.3, -0.25) is 14.5 Å². The molecule has 2 aliphatic rings. The fraction of sp³-hybridized carbons (Fsp3) is 0.389. The molecular formula is C18H20N2O3S2. The van der Waals surface area contributed by atoms with Crippen LogP contribution in [-0.4, -0.2) is 47.8 Å². The van der Waals surface area contributed by atoms with Gasteiger partial charge in [0.1, 0.15) is 4.32 Å². The smallest absolute Gasteiger partial charge is 0.267 e. The third kappa shape index (κ3) is 3.23. The van der Waals surface area contributed by atoms with E-state index in [1.54, 1.807) is 16.9 Å². The van der Waals surface area contributed by atoms with Gasteiger partial charge in [-0.1, -0.05) is 49.1 Å². The summed E-state index contributed by atoms with van der Waals surface area (Å²) < 4.78 is 5.55. The molecule has 132 valence electrons. The average Bonchev–Trinajstić information content (AvgIpc) is 3.03. The zero-order valence-electron chi connectivity index (χ0n) is 14.3. The zero-order chi connectivity index (χ0) is 18.0. The van der Waals surface area contributed by atoms with Crippen LogP contribution in [0.2, 0.25) is 0 Å². The van der Waals surface area contributed by atoms with E-state index >= 15 is 0 Å². The van der Waals surface area contributed by atoms with Crippen molar-refractivity contribution in [3.05, 3.63) is 34.7 Å². The number of amides is 2. The number of rotatable bonds is 6. The van der Waals surface area contributed by atoms with Crippen LogP contribution in [0.3, 0.4) is 0 Å². The lowest BCUT2D eigenvalue weighted by atomic mass is 10.1. The lowest BCUT2D eigenvalue weighted by molar-refractivity contribution is -0.122. The minimum absolute atomic E-state index is 0.111. The van der Waals surface area contributed by atoms with Crippen LogP contribution in [0, 0.1) is 0 Å². The van der Waals surface area contributed by atoms with Gasteiger partial charge in [0.15, 0.2) is 0 Å². The van der Waals surface area contributed by atoms with Gasteiger partial charge in [0, 0.05) is 32.4 Å². The van der Waals surface area contributed by atoms with Crippen LogP contribution in [0.15, 0.2) is 29.2 Å². The molecule has 2 amide bonds. The van der Waals surface area contributed by atoms with E-state index in [1.165, 1.54) is 11.8 Å². The molecule has 1 fully saturated rings. The van der Waals surface area contributed by atoms with E-state index in [2.05, 4.69) is 0 Å². The Kier molecular flexibility index (Phi) is 5.56. The molecule has 0 radical (unpaired) electrons. The fourth-order valence-corrected chi connectivity index (χ4v) is 4.43. The van der Waals surface area contributed by atoms with Crippen molar-refractivity contribution < 1.29 is 14.3 Å². The molecule has 2 aliphatic heterocycles. The molecule has 0 aromatic heterocycles. The van der Waals surface area contributed by atoms with Crippen molar-refractivity contribution >= 4 is 51.4 Å². The molecule has 0 N–H and O–H groups in total. The van der Waals surface area contributed by atoms with E-state index < -0.39 is 0 Å². The maximum absolute atomic E-state index is 13.0. The summed E-state index contributed by atoms with van der Waals surface area (Å²) in [6.07, 6.45) is 1.56. The van der Waals surface area contributed by atoms with Crippen molar-refractivity contribution in [1.29, 1.82) is 0 Å². The highest BCUT2D eigenvalue weighted by atomic mass is 32.2. The average molecular weight is 377 g/mol. The van der Waals surface area contributed by atoms with E-state index in [1.807, 2.05) is 31.2 Å². The molecule has 0 aliphatic carbocycles. The van der Waals surface area contributed by atoms with Gasteiger partial charge in [-0.25, -0.2) is 0 Å². The number of nitrogens with zero attached hydrogens (tertiary/aromatic N) is 2. The van der Waals surface area contributed by atoms with Crippen LogP contribution in [0.1, 0.15) is 25.3 Å². The van der Waals surface area contributed by atoms with Crippen molar-refractivity contribution in [2.24, 2.45) is 0 Å². The second kappa shape index (κ2) is 7.68. The van der Waals surface area contributed by atoms with Gasteiger partial charge in [0.25, 0.3) is 11.8 Å². The Bertz CT molecular complexity index is 760. The summed E-state index contributed by atoms with van der Waals surface area (Å²) in [5.41, 5.74) is 2.17. The summed E-state index contributed by atoms with van der Waals surface area (Å²) in [5, 5.41) is 0. The number of benzene rings is 1. The first kappa shape index (κ1) is 18.1. The summed E-state index contributed by atoms with van der Waals surface area (Å²) in [6.45, 7) is 3.73. The SMILES string of the molecule is CCCN1C(=O)/C(=C2\SC(=S)N(CCCOC)C2=O)c2ccccc21. The monoisotopic (exact) mass is 376 g/mol. The molecule has 3 rings (SSSR count). The first-order chi connectivity index (χ1) is 12.1. The molecule has 1 aromatic rings. The van der Waals surface area contributed by atoms with Crippen molar-refractivity contribution in [3.8, 4) is 0 Å². The van der Waals surface area contributed by atoms with E-state index in [-0.39, 0.29) is 11.8 Å². The van der Waals surface area contributed by atoms with Crippen LogP contribution in [0.25, 0.3) is 5.57 Å². The van der Waals surface area contributed by atoms with Crippen molar-refractivity contribution in [2.75, 3.05) is 31.7 Å². The predicted molar refractivity (Wildman–Crippen MR) is 104 cm³/mol. The highest BCUT2D eigenvalue weighted by molar-refractivity contribution is 8.26. The quantitative estimate of drug-likeness (QED) is 0.434. The van der Waals surface area contributed by atoms with Crippen LogP contribution in [0.5, 0.6) is 0 Å². The van der Waals surface area contributed by atoms with Gasteiger partial charge in [0.2, 0.25) is 0 Å². The first-order valence-corrected chi connectivity index (χ1v) is 9.50. The molecular weight excluding hydrogens is 356 g/mol. The number of thioether (sulfide) groups is 1. The van der Waals surface area contributed by atoms with Gasteiger partial charge in [-0.15, -0.1) is 0 Å². The minimum Gasteiger partial charge on any atom is -0.385 e. The topological polar surface area (TPSA) is 49.9 Å².